The van der Waals surface area contributed by atoms with E-state index >= 15 is 0 Å². The summed E-state index contributed by atoms with van der Waals surface area (Å²) >= 11 is 0. The zero-order valence-corrected chi connectivity index (χ0v) is 10.8. The van der Waals surface area contributed by atoms with Gasteiger partial charge in [0.2, 0.25) is 0 Å². The quantitative estimate of drug-likeness (QED) is 0.616. The Bertz CT molecular complexity index is 377. The van der Waals surface area contributed by atoms with Crippen molar-refractivity contribution in [3.63, 3.8) is 0 Å². The molecule has 4 nitrogen and oxygen atoms in total. The first-order valence-electron chi connectivity index (χ1n) is 5.19. The average molecular weight is 257 g/mol. The van der Waals surface area contributed by atoms with Crippen LogP contribution in [0.4, 0.5) is 0 Å². The largest absolute Gasteiger partial charge is 0.351 e. The van der Waals surface area contributed by atoms with Crippen LogP contribution >= 0.6 is 12.4 Å². The third kappa shape index (κ3) is 4.97. The molecular weight excluding hydrogens is 240 g/mol. The molecule has 2 N–H and O–H groups in total. The van der Waals surface area contributed by atoms with Crippen LogP contribution in [0.15, 0.2) is 24.3 Å². The number of hydrogen-bond donors (Lipinski definition) is 2. The number of Topliss-reactive ketones (excluding diaryl/α,β-unsaturated/α-hetero) is 1. The number of halogens is 1. The Hall–Kier alpha value is -1.39. The number of carbonyl (C=O) groups excluding carboxylic acids is 2. The van der Waals surface area contributed by atoms with Crippen molar-refractivity contribution in [1.82, 2.24) is 10.6 Å². The molecule has 17 heavy (non-hydrogen) atoms. The molecule has 0 heterocycles. The molecule has 1 aromatic rings. The van der Waals surface area contributed by atoms with Crippen molar-refractivity contribution in [2.75, 3.05) is 20.1 Å². The maximum absolute atomic E-state index is 11.6. The van der Waals surface area contributed by atoms with Gasteiger partial charge in [0.15, 0.2) is 5.78 Å². The monoisotopic (exact) mass is 256 g/mol. The maximum Gasteiger partial charge on any atom is 0.251 e. The highest BCUT2D eigenvalue weighted by atomic mass is 35.5. The van der Waals surface area contributed by atoms with Gasteiger partial charge in [0.1, 0.15) is 0 Å². The maximum atomic E-state index is 11.6. The molecule has 0 aromatic heterocycles. The SMILES string of the molecule is CNCCNC(=O)c1ccc(C(C)=O)cc1.Cl. The van der Waals surface area contributed by atoms with E-state index in [0.717, 1.165) is 6.54 Å². The minimum Gasteiger partial charge on any atom is -0.351 e. The fraction of sp³-hybridized carbons (Fsp3) is 0.333. The summed E-state index contributed by atoms with van der Waals surface area (Å²) in [6.07, 6.45) is 0. The summed E-state index contributed by atoms with van der Waals surface area (Å²) in [4.78, 5) is 22.6. The second kappa shape index (κ2) is 7.81. The molecule has 0 aliphatic heterocycles. The predicted octanol–water partition coefficient (Wildman–Crippen LogP) is 1.26. The number of nitrogens with one attached hydrogen (secondary N) is 2. The molecule has 1 amide bonds. The fourth-order valence-electron chi connectivity index (χ4n) is 1.26. The molecule has 0 unspecified atom stereocenters. The number of amides is 1. The van der Waals surface area contributed by atoms with E-state index in [2.05, 4.69) is 10.6 Å². The van der Waals surface area contributed by atoms with Crippen molar-refractivity contribution in [3.05, 3.63) is 35.4 Å². The first kappa shape index (κ1) is 15.6. The standard InChI is InChI=1S/C12H16N2O2.ClH/c1-9(15)10-3-5-11(6-4-10)12(16)14-8-7-13-2;/h3-6,13H,7-8H2,1-2H3,(H,14,16);1H. The molecule has 0 radical (unpaired) electrons. The number of likely N-dealkylation sites (N-methyl/N-ethyl adjacent to an activating group) is 1. The first-order chi connectivity index (χ1) is 7.65. The zero-order chi connectivity index (χ0) is 12.0. The van der Waals surface area contributed by atoms with Gasteiger partial charge in [-0.25, -0.2) is 0 Å². The predicted molar refractivity (Wildman–Crippen MR) is 70.0 cm³/mol. The summed E-state index contributed by atoms with van der Waals surface area (Å²) in [7, 11) is 1.83. The molecule has 1 rings (SSSR count). The van der Waals surface area contributed by atoms with Crippen molar-refractivity contribution in [1.29, 1.82) is 0 Å². The van der Waals surface area contributed by atoms with Crippen LogP contribution in [-0.4, -0.2) is 31.8 Å². The lowest BCUT2D eigenvalue weighted by Crippen LogP contribution is -2.30. The van der Waals surface area contributed by atoms with Crippen molar-refractivity contribution < 1.29 is 9.59 Å². The van der Waals surface area contributed by atoms with Gasteiger partial charge in [0.05, 0.1) is 0 Å². The smallest absolute Gasteiger partial charge is 0.251 e. The van der Waals surface area contributed by atoms with Gasteiger partial charge in [-0.2, -0.15) is 0 Å². The van der Waals surface area contributed by atoms with Crippen LogP contribution < -0.4 is 10.6 Å². The van der Waals surface area contributed by atoms with Crippen LogP contribution in [-0.2, 0) is 0 Å². The fourth-order valence-corrected chi connectivity index (χ4v) is 1.26. The summed E-state index contributed by atoms with van der Waals surface area (Å²) in [6.45, 7) is 2.82. The number of hydrogen-bond acceptors (Lipinski definition) is 3. The molecule has 0 aliphatic rings. The van der Waals surface area contributed by atoms with E-state index in [1.54, 1.807) is 24.3 Å². The summed E-state index contributed by atoms with van der Waals surface area (Å²) in [5.41, 5.74) is 1.19. The molecule has 0 aliphatic carbocycles. The third-order valence-corrected chi connectivity index (χ3v) is 2.21. The van der Waals surface area contributed by atoms with E-state index in [-0.39, 0.29) is 24.1 Å². The molecule has 1 aromatic carbocycles. The molecule has 0 atom stereocenters. The normalized spacial score (nSPS) is 9.29. The third-order valence-electron chi connectivity index (χ3n) is 2.21. The van der Waals surface area contributed by atoms with Crippen LogP contribution in [0.1, 0.15) is 27.6 Å². The minimum absolute atomic E-state index is 0. The zero-order valence-electron chi connectivity index (χ0n) is 9.95. The summed E-state index contributed by atoms with van der Waals surface area (Å²) in [5.74, 6) is -0.118. The van der Waals surface area contributed by atoms with Gasteiger partial charge >= 0.3 is 0 Å². The summed E-state index contributed by atoms with van der Waals surface area (Å²) in [5, 5.41) is 5.70. The topological polar surface area (TPSA) is 58.2 Å². The molecule has 0 saturated heterocycles. The van der Waals surface area contributed by atoms with E-state index in [1.807, 2.05) is 7.05 Å². The summed E-state index contributed by atoms with van der Waals surface area (Å²) in [6, 6.07) is 6.64. The minimum atomic E-state index is -0.120. The molecule has 0 saturated carbocycles. The Morgan fingerprint density at radius 2 is 1.59 bits per heavy atom. The van der Waals surface area contributed by atoms with Gasteiger partial charge in [0, 0.05) is 24.2 Å². The van der Waals surface area contributed by atoms with E-state index < -0.39 is 0 Å². The Kier molecular flexibility index (Phi) is 7.18. The Labute approximate surface area is 107 Å². The first-order valence-corrected chi connectivity index (χ1v) is 5.19. The van der Waals surface area contributed by atoms with Crippen molar-refractivity contribution in [3.8, 4) is 0 Å². The van der Waals surface area contributed by atoms with Gasteiger partial charge < -0.3 is 10.6 Å². The number of carbonyl (C=O) groups is 2. The van der Waals surface area contributed by atoms with Gasteiger partial charge in [-0.05, 0) is 26.1 Å². The van der Waals surface area contributed by atoms with E-state index in [0.29, 0.717) is 17.7 Å². The van der Waals surface area contributed by atoms with Crippen LogP contribution in [0.25, 0.3) is 0 Å². The van der Waals surface area contributed by atoms with Gasteiger partial charge in [-0.3, -0.25) is 9.59 Å². The number of rotatable bonds is 5. The van der Waals surface area contributed by atoms with Crippen molar-refractivity contribution in [2.45, 2.75) is 6.92 Å². The lowest BCUT2D eigenvalue weighted by Gasteiger charge is -2.04. The lowest BCUT2D eigenvalue weighted by atomic mass is 10.1. The number of ketones is 1. The number of benzene rings is 1. The molecular formula is C12H17ClN2O2. The van der Waals surface area contributed by atoms with Crippen molar-refractivity contribution in [2.24, 2.45) is 0 Å². The highest BCUT2D eigenvalue weighted by molar-refractivity contribution is 5.97. The van der Waals surface area contributed by atoms with E-state index in [1.165, 1.54) is 6.92 Å². The Morgan fingerprint density at radius 1 is 1.06 bits per heavy atom. The second-order valence-corrected chi connectivity index (χ2v) is 3.49. The van der Waals surface area contributed by atoms with E-state index in [4.69, 9.17) is 0 Å². The van der Waals surface area contributed by atoms with Gasteiger partial charge in [-0.15, -0.1) is 12.4 Å². The molecule has 0 bridgehead atoms. The lowest BCUT2D eigenvalue weighted by molar-refractivity contribution is 0.0952. The van der Waals surface area contributed by atoms with Crippen LogP contribution in [0, 0.1) is 0 Å². The van der Waals surface area contributed by atoms with Crippen LogP contribution in [0.5, 0.6) is 0 Å². The molecule has 0 fully saturated rings. The van der Waals surface area contributed by atoms with Crippen LogP contribution in [0.3, 0.4) is 0 Å². The molecule has 0 spiro atoms. The summed E-state index contributed by atoms with van der Waals surface area (Å²) < 4.78 is 0. The second-order valence-electron chi connectivity index (χ2n) is 3.49. The van der Waals surface area contributed by atoms with Crippen molar-refractivity contribution >= 4 is 24.1 Å². The Balaban J connectivity index is 0.00000256. The van der Waals surface area contributed by atoms with Crippen LogP contribution in [0.2, 0.25) is 0 Å². The van der Waals surface area contributed by atoms with Gasteiger partial charge in [-0.1, -0.05) is 12.1 Å². The highest BCUT2D eigenvalue weighted by Crippen LogP contribution is 2.04. The highest BCUT2D eigenvalue weighted by Gasteiger charge is 2.05. The van der Waals surface area contributed by atoms with Gasteiger partial charge in [0.25, 0.3) is 5.91 Å². The molecule has 94 valence electrons. The molecule has 5 heteroatoms. The average Bonchev–Trinajstić information content (AvgIpc) is 2.29. The Morgan fingerprint density at radius 3 is 2.06 bits per heavy atom. The van der Waals surface area contributed by atoms with E-state index in [9.17, 15) is 9.59 Å².